The van der Waals surface area contributed by atoms with E-state index in [9.17, 15) is 4.79 Å². The van der Waals surface area contributed by atoms with E-state index < -0.39 is 0 Å². The minimum Gasteiger partial charge on any atom is -0.375 e. The molecule has 7 heteroatoms. The van der Waals surface area contributed by atoms with Crippen LogP contribution in [0.5, 0.6) is 0 Å². The van der Waals surface area contributed by atoms with Gasteiger partial charge in [0.05, 0.1) is 22.0 Å². The summed E-state index contributed by atoms with van der Waals surface area (Å²) >= 11 is 1.51. The van der Waals surface area contributed by atoms with E-state index in [1.807, 2.05) is 11.9 Å². The maximum Gasteiger partial charge on any atom is 0.257 e. The molecule has 1 aromatic carbocycles. The zero-order valence-corrected chi connectivity index (χ0v) is 13.6. The summed E-state index contributed by atoms with van der Waals surface area (Å²) in [6.45, 7) is 1.44. The van der Waals surface area contributed by atoms with E-state index >= 15 is 0 Å². The van der Waals surface area contributed by atoms with Crippen molar-refractivity contribution in [1.29, 1.82) is 0 Å². The lowest BCUT2D eigenvalue weighted by molar-refractivity contribution is 0.0763. The maximum absolute atomic E-state index is 12.6. The number of anilines is 1. The first-order valence-corrected chi connectivity index (χ1v) is 8.37. The molecule has 0 fully saturated rings. The van der Waals surface area contributed by atoms with Gasteiger partial charge >= 0.3 is 0 Å². The third kappa shape index (κ3) is 2.57. The van der Waals surface area contributed by atoms with Gasteiger partial charge in [0.25, 0.3) is 5.91 Å². The number of hydrogen-bond acceptors (Lipinski definition) is 5. The summed E-state index contributed by atoms with van der Waals surface area (Å²) in [5.41, 5.74) is 9.96. The van der Waals surface area contributed by atoms with Gasteiger partial charge in [-0.3, -0.25) is 9.48 Å². The van der Waals surface area contributed by atoms with Crippen LogP contribution < -0.4 is 5.73 Å². The third-order valence-corrected chi connectivity index (χ3v) is 5.11. The molecule has 0 saturated heterocycles. The van der Waals surface area contributed by atoms with Crippen LogP contribution in [0.1, 0.15) is 21.5 Å². The van der Waals surface area contributed by atoms with Crippen molar-refractivity contribution in [3.63, 3.8) is 0 Å². The molecule has 2 aromatic heterocycles. The number of nitrogens with zero attached hydrogens (tertiary/aromatic N) is 4. The number of thiazole rings is 1. The number of rotatable bonds is 1. The van der Waals surface area contributed by atoms with Crippen LogP contribution in [0.3, 0.4) is 0 Å². The van der Waals surface area contributed by atoms with Crippen LogP contribution in [0.15, 0.2) is 24.5 Å². The fraction of sp³-hybridized carbons (Fsp3) is 0.312. The molecule has 0 bridgehead atoms. The summed E-state index contributed by atoms with van der Waals surface area (Å²) in [5, 5.41) is 4.69. The Balaban J connectivity index is 1.59. The molecule has 4 rings (SSSR count). The van der Waals surface area contributed by atoms with Crippen LogP contribution in [0.25, 0.3) is 10.2 Å². The van der Waals surface area contributed by atoms with Crippen LogP contribution in [0.2, 0.25) is 0 Å². The quantitative estimate of drug-likeness (QED) is 0.740. The topological polar surface area (TPSA) is 77.0 Å². The number of aryl methyl sites for hydroxylation is 1. The smallest absolute Gasteiger partial charge is 0.257 e. The highest BCUT2D eigenvalue weighted by molar-refractivity contribution is 7.22. The van der Waals surface area contributed by atoms with Gasteiger partial charge in [-0.25, -0.2) is 4.98 Å². The number of benzene rings is 1. The Hall–Kier alpha value is -2.41. The molecule has 0 spiro atoms. The van der Waals surface area contributed by atoms with Crippen molar-refractivity contribution in [2.45, 2.75) is 12.8 Å². The van der Waals surface area contributed by atoms with Crippen molar-refractivity contribution in [3.05, 3.63) is 41.2 Å². The molecule has 23 heavy (non-hydrogen) atoms. The predicted molar refractivity (Wildman–Crippen MR) is 90.6 cm³/mol. The molecule has 0 atom stereocenters. The summed E-state index contributed by atoms with van der Waals surface area (Å²) in [7, 11) is 1.82. The first kappa shape index (κ1) is 14.2. The van der Waals surface area contributed by atoms with Gasteiger partial charge in [0.15, 0.2) is 5.13 Å². The van der Waals surface area contributed by atoms with E-state index in [-0.39, 0.29) is 5.91 Å². The van der Waals surface area contributed by atoms with Crippen LogP contribution in [0.4, 0.5) is 5.13 Å². The molecule has 0 saturated carbocycles. The Morgan fingerprint density at radius 2 is 2.00 bits per heavy atom. The number of nitrogen functional groups attached to an aromatic ring is 1. The van der Waals surface area contributed by atoms with Crippen molar-refractivity contribution >= 4 is 32.6 Å². The number of hydrogen-bond donors (Lipinski definition) is 1. The molecule has 3 aromatic rings. The third-order valence-electron chi connectivity index (χ3n) is 4.27. The highest BCUT2D eigenvalue weighted by Gasteiger charge is 2.21. The number of fused-ring (bicyclic) bond motifs is 2. The Morgan fingerprint density at radius 3 is 2.70 bits per heavy atom. The van der Waals surface area contributed by atoms with Gasteiger partial charge < -0.3 is 10.6 Å². The van der Waals surface area contributed by atoms with E-state index in [0.717, 1.165) is 29.6 Å². The van der Waals surface area contributed by atoms with Crippen LogP contribution in [-0.2, 0) is 19.9 Å². The summed E-state index contributed by atoms with van der Waals surface area (Å²) in [5.74, 6) is 0.0510. The lowest BCUT2D eigenvalue weighted by Crippen LogP contribution is -2.33. The summed E-state index contributed by atoms with van der Waals surface area (Å²) in [6, 6.07) is 4.30. The Kier molecular flexibility index (Phi) is 3.30. The normalized spacial score (nSPS) is 14.7. The van der Waals surface area contributed by atoms with Gasteiger partial charge in [0.1, 0.15) is 0 Å². The van der Waals surface area contributed by atoms with E-state index in [2.05, 4.69) is 22.2 Å². The van der Waals surface area contributed by atoms with Crippen LogP contribution >= 0.6 is 11.3 Å². The molecule has 1 aliphatic heterocycles. The largest absolute Gasteiger partial charge is 0.375 e. The van der Waals surface area contributed by atoms with Crippen LogP contribution in [-0.4, -0.2) is 38.7 Å². The summed E-state index contributed by atoms with van der Waals surface area (Å²) in [4.78, 5) is 18.9. The minimum absolute atomic E-state index is 0.0510. The second-order valence-electron chi connectivity index (χ2n) is 5.84. The monoisotopic (exact) mass is 327 g/mol. The molecular formula is C16H17N5OS. The molecule has 0 aliphatic carbocycles. The number of carbonyl (C=O) groups excluding carboxylic acids is 1. The highest BCUT2D eigenvalue weighted by Crippen LogP contribution is 2.29. The second kappa shape index (κ2) is 5.34. The average Bonchev–Trinajstić information content (AvgIpc) is 3.04. The van der Waals surface area contributed by atoms with E-state index in [1.165, 1.54) is 22.5 Å². The van der Waals surface area contributed by atoms with Gasteiger partial charge in [-0.2, -0.15) is 5.10 Å². The molecule has 1 amide bonds. The van der Waals surface area contributed by atoms with Crippen molar-refractivity contribution in [3.8, 4) is 0 Å². The lowest BCUT2D eigenvalue weighted by atomic mass is 10.0. The van der Waals surface area contributed by atoms with Crippen molar-refractivity contribution in [2.75, 3.05) is 18.8 Å². The number of nitrogens with two attached hydrogens (primary N) is 1. The first-order chi connectivity index (χ1) is 11.1. The first-order valence-electron chi connectivity index (χ1n) is 7.56. The maximum atomic E-state index is 12.6. The fourth-order valence-corrected chi connectivity index (χ4v) is 3.86. The van der Waals surface area contributed by atoms with Crippen molar-refractivity contribution in [2.24, 2.45) is 7.05 Å². The van der Waals surface area contributed by atoms with E-state index in [0.29, 0.717) is 17.2 Å². The van der Waals surface area contributed by atoms with Crippen molar-refractivity contribution in [1.82, 2.24) is 19.7 Å². The number of aromatic nitrogens is 3. The zero-order valence-electron chi connectivity index (χ0n) is 12.8. The molecular weight excluding hydrogens is 310 g/mol. The molecule has 6 nitrogen and oxygen atoms in total. The standard InChI is InChI=1S/C16H17N5OS/c1-20-9-12(8-18-20)15(22)21-4-2-10-6-13-14(23-16(17)19-13)7-11(10)3-5-21/h6-9H,2-5H2,1H3,(H2,17,19). The Morgan fingerprint density at radius 1 is 1.26 bits per heavy atom. The number of amides is 1. The molecule has 0 unspecified atom stereocenters. The fourth-order valence-electron chi connectivity index (χ4n) is 3.08. The minimum atomic E-state index is 0.0510. The summed E-state index contributed by atoms with van der Waals surface area (Å²) < 4.78 is 2.78. The Bertz CT molecular complexity index is 852. The SMILES string of the molecule is Cn1cc(C(=O)N2CCc3cc4nc(N)sc4cc3CC2)cn1. The molecule has 2 N–H and O–H groups in total. The highest BCUT2D eigenvalue weighted by atomic mass is 32.1. The molecule has 1 aliphatic rings. The molecule has 0 radical (unpaired) electrons. The summed E-state index contributed by atoms with van der Waals surface area (Å²) in [6.07, 6.45) is 5.09. The van der Waals surface area contributed by atoms with Gasteiger partial charge in [-0.1, -0.05) is 11.3 Å². The number of carbonyl (C=O) groups is 1. The van der Waals surface area contributed by atoms with Crippen molar-refractivity contribution < 1.29 is 4.79 Å². The lowest BCUT2D eigenvalue weighted by Gasteiger charge is -2.19. The Labute approximate surface area is 137 Å². The second-order valence-corrected chi connectivity index (χ2v) is 6.90. The van der Waals surface area contributed by atoms with E-state index in [4.69, 9.17) is 5.73 Å². The van der Waals surface area contributed by atoms with Crippen LogP contribution in [0, 0.1) is 0 Å². The zero-order chi connectivity index (χ0) is 16.0. The van der Waals surface area contributed by atoms with Gasteiger partial charge in [-0.05, 0) is 36.1 Å². The molecule has 3 heterocycles. The predicted octanol–water partition coefficient (Wildman–Crippen LogP) is 1.85. The van der Waals surface area contributed by atoms with Gasteiger partial charge in [0.2, 0.25) is 0 Å². The molecule has 118 valence electrons. The average molecular weight is 327 g/mol. The van der Waals surface area contributed by atoms with Gasteiger partial charge in [0, 0.05) is 26.3 Å². The van der Waals surface area contributed by atoms with E-state index in [1.54, 1.807) is 17.1 Å². The van der Waals surface area contributed by atoms with Gasteiger partial charge in [-0.15, -0.1) is 0 Å².